The zero-order chi connectivity index (χ0) is 6.57. The van der Waals surface area contributed by atoms with Crippen LogP contribution in [-0.4, -0.2) is 12.1 Å². The molecule has 0 rings (SSSR count). The molecule has 0 saturated carbocycles. The molecule has 2 atom stereocenters. The Bertz CT molecular complexity index is 93.4. The number of nitrogens with two attached hydrogens (primary N) is 2. The summed E-state index contributed by atoms with van der Waals surface area (Å²) in [6.07, 6.45) is 0. The van der Waals surface area contributed by atoms with Gasteiger partial charge in [0.15, 0.2) is 0 Å². The van der Waals surface area contributed by atoms with Gasteiger partial charge in [0.05, 0.1) is 12.1 Å². The molecule has 0 saturated heterocycles. The maximum atomic E-state index is 5.31. The molecule has 2 heteroatoms. The van der Waals surface area contributed by atoms with Gasteiger partial charge in [-0.05, 0) is 13.8 Å². The van der Waals surface area contributed by atoms with Crippen molar-refractivity contribution in [2.24, 2.45) is 11.5 Å². The van der Waals surface area contributed by atoms with Crippen LogP contribution in [0.15, 0.2) is 0 Å². The molecule has 0 fully saturated rings. The summed E-state index contributed by atoms with van der Waals surface area (Å²) in [5, 5.41) is 0. The second kappa shape index (κ2) is 3.48. The molecule has 8 heavy (non-hydrogen) atoms. The van der Waals surface area contributed by atoms with Crippen LogP contribution < -0.4 is 11.5 Å². The van der Waals surface area contributed by atoms with Crippen molar-refractivity contribution in [3.63, 3.8) is 0 Å². The normalized spacial score (nSPS) is 16.0. The molecule has 0 aliphatic carbocycles. The van der Waals surface area contributed by atoms with E-state index in [2.05, 4.69) is 11.8 Å². The first-order valence-electron chi connectivity index (χ1n) is 2.65. The minimum atomic E-state index is -0.0546. The summed E-state index contributed by atoms with van der Waals surface area (Å²) in [7, 11) is 0. The van der Waals surface area contributed by atoms with Crippen molar-refractivity contribution in [2.75, 3.05) is 0 Å². The van der Waals surface area contributed by atoms with Crippen LogP contribution in [0.2, 0.25) is 0 Å². The fourth-order valence-electron chi connectivity index (χ4n) is 0.263. The van der Waals surface area contributed by atoms with Crippen molar-refractivity contribution in [3.8, 4) is 11.8 Å². The predicted octanol–water partition coefficient (Wildman–Crippen LogP) is -0.316. The molecule has 0 aromatic rings. The van der Waals surface area contributed by atoms with Crippen LogP contribution in [0, 0.1) is 11.8 Å². The second-order valence-electron chi connectivity index (χ2n) is 1.87. The molecule has 0 spiro atoms. The lowest BCUT2D eigenvalue weighted by Crippen LogP contribution is -2.15. The molecule has 0 aliphatic rings. The van der Waals surface area contributed by atoms with Gasteiger partial charge in [0.25, 0.3) is 0 Å². The van der Waals surface area contributed by atoms with Gasteiger partial charge < -0.3 is 11.5 Å². The largest absolute Gasteiger partial charge is 0.318 e. The highest BCUT2D eigenvalue weighted by Gasteiger charge is 1.83. The third-order valence-corrected chi connectivity index (χ3v) is 0.539. The SMILES string of the molecule is CC(N)C#CC(C)N. The summed E-state index contributed by atoms with van der Waals surface area (Å²) in [6, 6.07) is -0.109. The topological polar surface area (TPSA) is 52.0 Å². The zero-order valence-corrected chi connectivity index (χ0v) is 5.31. The van der Waals surface area contributed by atoms with Gasteiger partial charge in [-0.3, -0.25) is 0 Å². The zero-order valence-electron chi connectivity index (χ0n) is 5.31. The van der Waals surface area contributed by atoms with Crippen molar-refractivity contribution in [2.45, 2.75) is 25.9 Å². The Labute approximate surface area is 50.2 Å². The standard InChI is InChI=1S/C6H12N2/c1-5(7)3-4-6(2)8/h5-6H,7-8H2,1-2H3. The first-order valence-corrected chi connectivity index (χ1v) is 2.65. The Morgan fingerprint density at radius 3 is 1.38 bits per heavy atom. The van der Waals surface area contributed by atoms with E-state index in [4.69, 9.17) is 11.5 Å². The molecule has 2 unspecified atom stereocenters. The molecule has 0 amide bonds. The van der Waals surface area contributed by atoms with Crippen LogP contribution in [0.25, 0.3) is 0 Å². The van der Waals surface area contributed by atoms with Gasteiger partial charge in [0, 0.05) is 0 Å². The van der Waals surface area contributed by atoms with E-state index in [1.165, 1.54) is 0 Å². The van der Waals surface area contributed by atoms with Gasteiger partial charge in [0.1, 0.15) is 0 Å². The van der Waals surface area contributed by atoms with Crippen molar-refractivity contribution >= 4 is 0 Å². The van der Waals surface area contributed by atoms with Crippen LogP contribution in [0.5, 0.6) is 0 Å². The summed E-state index contributed by atoms with van der Waals surface area (Å²) in [6.45, 7) is 3.66. The first-order chi connectivity index (χ1) is 3.63. The van der Waals surface area contributed by atoms with Crippen LogP contribution >= 0.6 is 0 Å². The fourth-order valence-corrected chi connectivity index (χ4v) is 0.263. The van der Waals surface area contributed by atoms with E-state index in [1.54, 1.807) is 0 Å². The molecular weight excluding hydrogens is 100 g/mol. The fraction of sp³-hybridized carbons (Fsp3) is 0.667. The van der Waals surface area contributed by atoms with E-state index < -0.39 is 0 Å². The second-order valence-corrected chi connectivity index (χ2v) is 1.87. The highest BCUT2D eigenvalue weighted by Crippen LogP contribution is 1.70. The lowest BCUT2D eigenvalue weighted by molar-refractivity contribution is 0.928. The molecule has 46 valence electrons. The summed E-state index contributed by atoms with van der Waals surface area (Å²) < 4.78 is 0. The maximum Gasteiger partial charge on any atom is 0.0636 e. The Balaban J connectivity index is 3.50. The Hall–Kier alpha value is -0.520. The minimum absolute atomic E-state index is 0.0546. The molecule has 0 aliphatic heterocycles. The monoisotopic (exact) mass is 112 g/mol. The number of hydrogen-bond donors (Lipinski definition) is 2. The van der Waals surface area contributed by atoms with Crippen LogP contribution in [0.1, 0.15) is 13.8 Å². The van der Waals surface area contributed by atoms with Crippen molar-refractivity contribution < 1.29 is 0 Å². The summed E-state index contributed by atoms with van der Waals surface area (Å²) in [4.78, 5) is 0. The van der Waals surface area contributed by atoms with Crippen LogP contribution in [0.4, 0.5) is 0 Å². The molecule has 0 aromatic carbocycles. The summed E-state index contributed by atoms with van der Waals surface area (Å²) in [5.74, 6) is 5.50. The van der Waals surface area contributed by atoms with Crippen molar-refractivity contribution in [1.29, 1.82) is 0 Å². The Morgan fingerprint density at radius 1 is 1.00 bits per heavy atom. The Morgan fingerprint density at radius 2 is 1.25 bits per heavy atom. The third-order valence-electron chi connectivity index (χ3n) is 0.539. The number of hydrogen-bond acceptors (Lipinski definition) is 2. The van der Waals surface area contributed by atoms with Gasteiger partial charge in [-0.1, -0.05) is 11.8 Å². The lowest BCUT2D eigenvalue weighted by atomic mass is 10.3. The number of rotatable bonds is 0. The van der Waals surface area contributed by atoms with Gasteiger partial charge in [-0.25, -0.2) is 0 Å². The summed E-state index contributed by atoms with van der Waals surface area (Å²) >= 11 is 0. The van der Waals surface area contributed by atoms with Crippen molar-refractivity contribution in [3.05, 3.63) is 0 Å². The highest BCUT2D eigenvalue weighted by molar-refractivity contribution is 5.09. The van der Waals surface area contributed by atoms with Gasteiger partial charge in [-0.2, -0.15) is 0 Å². The molecule has 2 nitrogen and oxygen atoms in total. The van der Waals surface area contributed by atoms with E-state index in [-0.39, 0.29) is 12.1 Å². The van der Waals surface area contributed by atoms with E-state index in [1.807, 2.05) is 13.8 Å². The van der Waals surface area contributed by atoms with E-state index >= 15 is 0 Å². The molecule has 0 aromatic heterocycles. The maximum absolute atomic E-state index is 5.31. The first kappa shape index (κ1) is 7.48. The predicted molar refractivity (Wildman–Crippen MR) is 35.1 cm³/mol. The summed E-state index contributed by atoms with van der Waals surface area (Å²) in [5.41, 5.74) is 10.6. The lowest BCUT2D eigenvalue weighted by Gasteiger charge is -1.90. The van der Waals surface area contributed by atoms with Gasteiger partial charge in [-0.15, -0.1) is 0 Å². The quantitative estimate of drug-likeness (QED) is 0.422. The van der Waals surface area contributed by atoms with Gasteiger partial charge in [0.2, 0.25) is 0 Å². The van der Waals surface area contributed by atoms with E-state index in [0.717, 1.165) is 0 Å². The molecule has 0 bridgehead atoms. The van der Waals surface area contributed by atoms with Crippen LogP contribution in [0.3, 0.4) is 0 Å². The van der Waals surface area contributed by atoms with Crippen molar-refractivity contribution in [1.82, 2.24) is 0 Å². The molecule has 4 N–H and O–H groups in total. The molecule has 0 heterocycles. The average Bonchev–Trinajstić information content (AvgIpc) is 1.61. The minimum Gasteiger partial charge on any atom is -0.318 e. The highest BCUT2D eigenvalue weighted by atomic mass is 14.6. The molecule has 0 radical (unpaired) electrons. The van der Waals surface area contributed by atoms with E-state index in [0.29, 0.717) is 0 Å². The smallest absolute Gasteiger partial charge is 0.0636 e. The van der Waals surface area contributed by atoms with E-state index in [9.17, 15) is 0 Å². The third kappa shape index (κ3) is 5.48. The molecular formula is C6H12N2. The average molecular weight is 112 g/mol. The van der Waals surface area contributed by atoms with Gasteiger partial charge >= 0.3 is 0 Å². The Kier molecular flexibility index (Phi) is 3.25. The van der Waals surface area contributed by atoms with Crippen LogP contribution in [-0.2, 0) is 0 Å².